The van der Waals surface area contributed by atoms with Crippen LogP contribution in [0, 0.1) is 0 Å². The molecule has 0 saturated carbocycles. The predicted octanol–water partition coefficient (Wildman–Crippen LogP) is -18.4. The Balaban J connectivity index is -0.0000000627. The van der Waals surface area contributed by atoms with E-state index in [0.717, 1.165) is 0 Å². The van der Waals surface area contributed by atoms with Crippen LogP contribution in [0.2, 0.25) is 0 Å². The monoisotopic (exact) mass is 376 g/mol. The van der Waals surface area contributed by atoms with Crippen LogP contribution in [0.5, 0.6) is 0 Å². The molecule has 0 heterocycles. The molecular formula is C6H8Na4O11Si. The standard InChI is InChI=1S/C6H8O7.4Na.O4Si/c7-3(8)1-6(13,5(11)12)2-4(9)10;;;;;1-5(2,3)4/h13H,1-2H2,(H,7,8)(H,9,10)(H,11,12);;;;;/q;4*+1;-4. The van der Waals surface area contributed by atoms with Crippen molar-refractivity contribution in [1.82, 2.24) is 0 Å². The molecule has 0 spiro atoms. The van der Waals surface area contributed by atoms with Crippen LogP contribution in [0.15, 0.2) is 0 Å². The zero-order valence-electron chi connectivity index (χ0n) is 12.6. The van der Waals surface area contributed by atoms with Gasteiger partial charge in [0.05, 0.1) is 12.8 Å². The first-order valence-corrected chi connectivity index (χ1v) is 5.62. The van der Waals surface area contributed by atoms with Gasteiger partial charge < -0.3 is 48.7 Å². The third-order valence-corrected chi connectivity index (χ3v) is 1.29. The quantitative estimate of drug-likeness (QED) is 0.329. The van der Waals surface area contributed by atoms with Crippen molar-refractivity contribution in [2.24, 2.45) is 0 Å². The fourth-order valence-corrected chi connectivity index (χ4v) is 0.714. The molecule has 22 heavy (non-hydrogen) atoms. The van der Waals surface area contributed by atoms with E-state index in [1.807, 2.05) is 0 Å². The summed E-state index contributed by atoms with van der Waals surface area (Å²) in [6.07, 6.45) is -2.29. The van der Waals surface area contributed by atoms with Gasteiger partial charge in [-0.1, -0.05) is 0 Å². The van der Waals surface area contributed by atoms with Crippen molar-refractivity contribution in [1.29, 1.82) is 0 Å². The molecule has 0 aliphatic heterocycles. The van der Waals surface area contributed by atoms with Gasteiger partial charge in [0.15, 0.2) is 5.60 Å². The normalized spacial score (nSPS) is 9.14. The summed E-state index contributed by atoms with van der Waals surface area (Å²) in [6, 6.07) is 0. The van der Waals surface area contributed by atoms with Gasteiger partial charge in [0.2, 0.25) is 0 Å². The Morgan fingerprint density at radius 2 is 0.955 bits per heavy atom. The van der Waals surface area contributed by atoms with Gasteiger partial charge in [0.25, 0.3) is 0 Å². The van der Waals surface area contributed by atoms with Gasteiger partial charge in [-0.3, -0.25) is 9.59 Å². The van der Waals surface area contributed by atoms with E-state index >= 15 is 0 Å². The Kier molecular flexibility index (Phi) is 32.7. The van der Waals surface area contributed by atoms with Crippen LogP contribution in [-0.2, 0) is 14.4 Å². The molecule has 0 aliphatic carbocycles. The molecule has 4 N–H and O–H groups in total. The van der Waals surface area contributed by atoms with Crippen LogP contribution in [-0.4, -0.2) is 53.0 Å². The molecule has 0 fully saturated rings. The van der Waals surface area contributed by atoms with E-state index < -0.39 is 45.4 Å². The molecule has 0 saturated heterocycles. The Morgan fingerprint density at radius 1 is 0.773 bits per heavy atom. The van der Waals surface area contributed by atoms with E-state index in [4.69, 9.17) is 39.6 Å². The van der Waals surface area contributed by atoms with Gasteiger partial charge in [-0.15, -0.1) is 0 Å². The van der Waals surface area contributed by atoms with Crippen LogP contribution < -0.4 is 137 Å². The number of carboxylic acid groups (broad SMARTS) is 3. The third kappa shape index (κ3) is 30.3. The maximum atomic E-state index is 10.3. The number of carbonyl (C=O) groups is 3. The molecule has 0 unspecified atom stereocenters. The van der Waals surface area contributed by atoms with E-state index in [1.54, 1.807) is 0 Å². The zero-order chi connectivity index (χ0) is 15.1. The van der Waals surface area contributed by atoms with Gasteiger partial charge in [-0.05, 0) is 0 Å². The van der Waals surface area contributed by atoms with E-state index in [-0.39, 0.29) is 118 Å². The van der Waals surface area contributed by atoms with Crippen molar-refractivity contribution in [3.05, 3.63) is 0 Å². The Bertz CT molecular complexity index is 311. The van der Waals surface area contributed by atoms with Gasteiger partial charge >= 0.3 is 136 Å². The minimum Gasteiger partial charge on any atom is -0.894 e. The molecule has 106 valence electrons. The number of carboxylic acids is 3. The maximum absolute atomic E-state index is 10.3. The first-order valence-electron chi connectivity index (χ1n) is 3.99. The second-order valence-corrected chi connectivity index (χ2v) is 3.98. The van der Waals surface area contributed by atoms with Gasteiger partial charge in [0.1, 0.15) is 0 Å². The number of hydrogen-bond donors (Lipinski definition) is 4. The first kappa shape index (κ1) is 39.5. The van der Waals surface area contributed by atoms with Gasteiger partial charge in [0, 0.05) is 0 Å². The topological polar surface area (TPSA) is 224 Å². The molecule has 0 amide bonds. The van der Waals surface area contributed by atoms with Crippen molar-refractivity contribution in [3.63, 3.8) is 0 Å². The van der Waals surface area contributed by atoms with Crippen molar-refractivity contribution in [2.45, 2.75) is 18.4 Å². The molecule has 0 aromatic rings. The van der Waals surface area contributed by atoms with Gasteiger partial charge in [-0.2, -0.15) is 0 Å². The summed E-state index contributed by atoms with van der Waals surface area (Å²) >= 11 is 0. The second kappa shape index (κ2) is 18.2. The van der Waals surface area contributed by atoms with Crippen LogP contribution >= 0.6 is 0 Å². The van der Waals surface area contributed by atoms with Crippen LogP contribution in [0.25, 0.3) is 0 Å². The fraction of sp³-hybridized carbons (Fsp3) is 0.500. The van der Waals surface area contributed by atoms with E-state index in [1.165, 1.54) is 0 Å². The molecule has 0 aromatic heterocycles. The summed E-state index contributed by atoms with van der Waals surface area (Å²) in [6.45, 7) is 0. The molecule has 16 heteroatoms. The molecule has 0 aliphatic rings. The number of aliphatic hydroxyl groups is 1. The number of rotatable bonds is 5. The first-order chi connectivity index (χ1) is 7.78. The molecular weight excluding hydrogens is 368 g/mol. The van der Waals surface area contributed by atoms with Crippen LogP contribution in [0.3, 0.4) is 0 Å². The van der Waals surface area contributed by atoms with Crippen molar-refractivity contribution >= 4 is 27.0 Å². The summed E-state index contributed by atoms with van der Waals surface area (Å²) < 4.78 is 0. The second-order valence-electron chi connectivity index (χ2n) is 2.98. The number of aliphatic carboxylic acids is 3. The average molecular weight is 376 g/mol. The predicted molar refractivity (Wildman–Crippen MR) is 42.8 cm³/mol. The van der Waals surface area contributed by atoms with E-state index in [9.17, 15) is 14.4 Å². The van der Waals surface area contributed by atoms with E-state index in [0.29, 0.717) is 0 Å². The molecule has 0 radical (unpaired) electrons. The smallest absolute Gasteiger partial charge is 0.894 e. The zero-order valence-corrected chi connectivity index (χ0v) is 21.6. The molecule has 0 aromatic carbocycles. The Labute approximate surface area is 214 Å². The third-order valence-electron chi connectivity index (χ3n) is 1.29. The van der Waals surface area contributed by atoms with Crippen LogP contribution in [0.1, 0.15) is 12.8 Å². The summed E-state index contributed by atoms with van der Waals surface area (Å²) in [5.74, 6) is -5.02. The summed E-state index contributed by atoms with van der Waals surface area (Å²) in [7, 11) is -5.61. The largest absolute Gasteiger partial charge is 1.00 e. The van der Waals surface area contributed by atoms with E-state index in [2.05, 4.69) is 0 Å². The summed E-state index contributed by atoms with van der Waals surface area (Å²) in [5.41, 5.74) is -2.74. The van der Waals surface area contributed by atoms with Crippen molar-refractivity contribution in [3.8, 4) is 0 Å². The average Bonchev–Trinajstić information content (AvgIpc) is 1.95. The molecule has 11 nitrogen and oxygen atoms in total. The minimum atomic E-state index is -5.61. The fourth-order valence-electron chi connectivity index (χ4n) is 0.714. The number of hydrogen-bond acceptors (Lipinski definition) is 8. The maximum Gasteiger partial charge on any atom is 1.00 e. The SMILES string of the molecule is O=C(O)CC(O)(CC(=O)O)C(=O)O.[Na+].[Na+].[Na+].[Na+].[O-][Si]([O-])([O-])[O-]. The van der Waals surface area contributed by atoms with Crippen molar-refractivity contribution in [2.75, 3.05) is 0 Å². The minimum absolute atomic E-state index is 0. The Morgan fingerprint density at radius 3 is 1.05 bits per heavy atom. The molecule has 0 rings (SSSR count). The molecule has 0 bridgehead atoms. The van der Waals surface area contributed by atoms with Crippen molar-refractivity contribution < 1.29 is 172 Å². The van der Waals surface area contributed by atoms with Crippen LogP contribution in [0.4, 0.5) is 0 Å². The van der Waals surface area contributed by atoms with Gasteiger partial charge in [-0.25, -0.2) is 4.79 Å². The summed E-state index contributed by atoms with van der Waals surface area (Å²) in [4.78, 5) is 64.8. The summed E-state index contributed by atoms with van der Waals surface area (Å²) in [5, 5.41) is 33.8. The molecule has 0 atom stereocenters. The Hall–Kier alpha value is 2.43.